The fourth-order valence-electron chi connectivity index (χ4n) is 19.5. The maximum absolute atomic E-state index is 5.60. The predicted octanol–water partition coefficient (Wildman–Crippen LogP) is 26.4. The smallest absolute Gasteiger partial charge is 0.138 e. The standard InChI is InChI=1S/C109H70N8/c1-67-26-8-23-46-95(67)115-97-56-49-74(91-43-24-25-60-110-91)64-90(97)103-80-36-14-13-35-79(80)102-89-65-75(50-55-96(89)114(76-31-6-3-7-32-76)106(102)83-39-17-18-40-84(83)107(103)115)94-66-73(59-61-111-94)78-34-12-11-33-77(78)72-48-54-99-88(63-72)105-82-38-16-15-37-81(82)104-87-62-71(68-27-4-2-5-28-68)47-53-98(87)116(100-57-51-69-29-9-21-44-92(69)112-100)108(104)85-41-19-20-42-86(85)109(105)117(99)101-58-52-70-30-10-22-45-93(70)113-101/h2-67,95H,1H3. The summed E-state index contributed by atoms with van der Waals surface area (Å²) in [6.45, 7) is 2.35. The Morgan fingerprint density at radius 2 is 0.735 bits per heavy atom. The predicted molar refractivity (Wildman–Crippen MR) is 478 cm³/mol. The molecule has 3 aliphatic rings. The van der Waals surface area contributed by atoms with E-state index in [4.69, 9.17) is 19.9 Å². The number of benzene rings is 13. The Balaban J connectivity index is 0.735. The van der Waals surface area contributed by atoms with Crippen LogP contribution in [-0.4, -0.2) is 38.2 Å². The molecule has 0 N–H and O–H groups in total. The average Bonchev–Trinajstić information content (AvgIpc) is 1.54. The molecule has 0 radical (unpaired) electrons. The maximum atomic E-state index is 5.60. The van der Waals surface area contributed by atoms with Crippen LogP contribution in [0.2, 0.25) is 0 Å². The number of aromatic nitrogens is 8. The van der Waals surface area contributed by atoms with Crippen LogP contribution in [0.4, 0.5) is 0 Å². The number of para-hydroxylation sites is 3. The second-order valence-electron chi connectivity index (χ2n) is 31.1. The Kier molecular flexibility index (Phi) is 14.9. The van der Waals surface area contributed by atoms with Crippen LogP contribution >= 0.6 is 0 Å². The number of allylic oxidation sites excluding steroid dienone is 4. The van der Waals surface area contributed by atoms with Crippen LogP contribution in [-0.2, 0) is 0 Å². The summed E-state index contributed by atoms with van der Waals surface area (Å²) in [5.41, 5.74) is 27.3. The zero-order valence-corrected chi connectivity index (χ0v) is 63.8. The fourth-order valence-corrected chi connectivity index (χ4v) is 19.5. The van der Waals surface area contributed by atoms with Crippen molar-refractivity contribution in [3.63, 3.8) is 0 Å². The number of fused-ring (bicyclic) bond motifs is 22. The van der Waals surface area contributed by atoms with Gasteiger partial charge in [-0.25, -0.2) is 9.97 Å². The quantitative estimate of drug-likeness (QED) is 0.144. The van der Waals surface area contributed by atoms with Crippen molar-refractivity contribution in [2.24, 2.45) is 5.92 Å². The highest BCUT2D eigenvalue weighted by Crippen LogP contribution is 2.56. The minimum absolute atomic E-state index is 0.0500. The first kappa shape index (κ1) is 66.2. The third kappa shape index (κ3) is 10.3. The normalized spacial score (nSPS) is 13.8. The fraction of sp³-hybridized carbons (Fsp3) is 0.0275. The molecule has 0 amide bonds. The van der Waals surface area contributed by atoms with E-state index in [0.29, 0.717) is 0 Å². The number of rotatable bonds is 9. The van der Waals surface area contributed by atoms with Gasteiger partial charge in [-0.3, -0.25) is 19.1 Å². The van der Waals surface area contributed by atoms with Crippen LogP contribution in [0.25, 0.3) is 183 Å². The largest absolute Gasteiger partial charge is 0.332 e. The molecule has 2 unspecified atom stereocenters. The molecule has 0 bridgehead atoms. The van der Waals surface area contributed by atoms with Gasteiger partial charge in [-0.2, -0.15) is 0 Å². The number of hydrogen-bond donors (Lipinski definition) is 0. The van der Waals surface area contributed by atoms with E-state index in [-0.39, 0.29) is 12.0 Å². The van der Waals surface area contributed by atoms with E-state index in [9.17, 15) is 0 Å². The molecule has 2 atom stereocenters. The summed E-state index contributed by atoms with van der Waals surface area (Å²) >= 11 is 0. The molecule has 0 fully saturated rings. The molecule has 546 valence electrons. The van der Waals surface area contributed by atoms with Gasteiger partial charge < -0.3 is 9.13 Å². The highest BCUT2D eigenvalue weighted by molar-refractivity contribution is 6.18. The van der Waals surface area contributed by atoms with Gasteiger partial charge >= 0.3 is 0 Å². The highest BCUT2D eigenvalue weighted by atomic mass is 15.1. The first-order valence-corrected chi connectivity index (χ1v) is 40.3. The average molecular weight is 1490 g/mol. The van der Waals surface area contributed by atoms with E-state index in [0.717, 1.165) is 187 Å². The Morgan fingerprint density at radius 3 is 1.35 bits per heavy atom. The van der Waals surface area contributed by atoms with Crippen molar-refractivity contribution < 1.29 is 0 Å². The van der Waals surface area contributed by atoms with E-state index in [1.807, 2.05) is 18.5 Å². The van der Waals surface area contributed by atoms with Crippen LogP contribution < -0.4 is 0 Å². The molecule has 0 aliphatic heterocycles. The van der Waals surface area contributed by atoms with E-state index in [1.165, 1.54) is 38.9 Å². The van der Waals surface area contributed by atoms with Crippen molar-refractivity contribution in [1.82, 2.24) is 38.2 Å². The van der Waals surface area contributed by atoms with E-state index >= 15 is 0 Å². The molecule has 21 aromatic rings. The third-order valence-electron chi connectivity index (χ3n) is 24.7. The Morgan fingerprint density at radius 1 is 0.282 bits per heavy atom. The van der Waals surface area contributed by atoms with E-state index in [2.05, 4.69) is 401 Å². The van der Waals surface area contributed by atoms with Crippen LogP contribution in [0.15, 0.2) is 395 Å². The second-order valence-corrected chi connectivity index (χ2v) is 31.1. The van der Waals surface area contributed by atoms with Gasteiger partial charge in [-0.05, 0) is 182 Å². The minimum Gasteiger partial charge on any atom is -0.332 e. The van der Waals surface area contributed by atoms with Crippen molar-refractivity contribution in [1.29, 1.82) is 0 Å². The van der Waals surface area contributed by atoms with Crippen molar-refractivity contribution in [2.45, 2.75) is 13.0 Å². The van der Waals surface area contributed by atoms with E-state index < -0.39 is 0 Å². The van der Waals surface area contributed by atoms with Gasteiger partial charge in [0.15, 0.2) is 0 Å². The molecule has 0 saturated heterocycles. The lowest BCUT2D eigenvalue weighted by atomic mass is 9.84. The van der Waals surface area contributed by atoms with Crippen molar-refractivity contribution >= 4 is 65.4 Å². The lowest BCUT2D eigenvalue weighted by Crippen LogP contribution is -2.17. The molecule has 8 nitrogen and oxygen atoms in total. The SMILES string of the molecule is CC1C=CC=CC1n1c2c(c3cc(-c4ccccn4)ccc31)-c1ccccc1-c1c(n(-c3ccccc3)c3ccc(-c4cc(-c5ccccc5-c5ccc6c(c5)c5c(n6-c6ccc7ccccc7n6)=c6ccccc6=c6c(c7cc(-c8ccccc8)ccc7n6-c6ccc7ccccc7n6)=c6ccccc6=5)ccn4)cc13)-c1ccccc1-2. The molecule has 8 heterocycles. The maximum Gasteiger partial charge on any atom is 0.138 e. The van der Waals surface area contributed by atoms with Crippen LogP contribution in [0.3, 0.4) is 0 Å². The monoisotopic (exact) mass is 1490 g/mol. The minimum atomic E-state index is 0.0500. The van der Waals surface area contributed by atoms with Gasteiger partial charge in [0, 0.05) is 110 Å². The summed E-state index contributed by atoms with van der Waals surface area (Å²) in [6, 6.07) is 131. The van der Waals surface area contributed by atoms with Gasteiger partial charge in [0.1, 0.15) is 11.6 Å². The first-order chi connectivity index (χ1) is 58.0. The summed E-state index contributed by atoms with van der Waals surface area (Å²) < 4.78 is 10.0. The summed E-state index contributed by atoms with van der Waals surface area (Å²) in [5.74, 6) is 1.91. The summed E-state index contributed by atoms with van der Waals surface area (Å²) in [7, 11) is 0. The molecule has 117 heavy (non-hydrogen) atoms. The lowest BCUT2D eigenvalue weighted by Gasteiger charge is -2.28. The van der Waals surface area contributed by atoms with Gasteiger partial charge in [0.05, 0.1) is 67.1 Å². The number of hydrogen-bond acceptors (Lipinski definition) is 4. The number of pyridine rings is 4. The van der Waals surface area contributed by atoms with Crippen LogP contribution in [0.5, 0.6) is 0 Å². The van der Waals surface area contributed by atoms with Crippen molar-refractivity contribution in [3.05, 3.63) is 437 Å². The molecular weight excluding hydrogens is 1420 g/mol. The van der Waals surface area contributed by atoms with Gasteiger partial charge in [0.25, 0.3) is 0 Å². The topological polar surface area (TPSA) is 71.3 Å². The van der Waals surface area contributed by atoms with Crippen molar-refractivity contribution in [3.8, 4) is 118 Å². The summed E-state index contributed by atoms with van der Waals surface area (Å²) in [6.07, 6.45) is 13.0. The van der Waals surface area contributed by atoms with Crippen molar-refractivity contribution in [2.75, 3.05) is 0 Å². The zero-order chi connectivity index (χ0) is 76.9. The van der Waals surface area contributed by atoms with E-state index in [1.54, 1.807) is 0 Å². The molecule has 0 saturated carbocycles. The molecule has 0 spiro atoms. The lowest BCUT2D eigenvalue weighted by molar-refractivity contribution is 0.503. The molecular formula is C109H70N8. The summed E-state index contributed by atoms with van der Waals surface area (Å²) in [4.78, 5) is 21.4. The molecule has 8 aromatic heterocycles. The second kappa shape index (κ2) is 26.4. The molecule has 8 heteroatoms. The first-order valence-electron chi connectivity index (χ1n) is 40.3. The Labute approximate surface area is 672 Å². The molecule has 24 rings (SSSR count). The van der Waals surface area contributed by atoms with Gasteiger partial charge in [-0.1, -0.05) is 268 Å². The van der Waals surface area contributed by atoms with Crippen LogP contribution in [0.1, 0.15) is 13.0 Å². The van der Waals surface area contributed by atoms with Crippen LogP contribution in [0, 0.1) is 47.9 Å². The highest BCUT2D eigenvalue weighted by Gasteiger charge is 2.35. The molecule has 3 aliphatic carbocycles. The third-order valence-corrected chi connectivity index (χ3v) is 24.7. The Hall–Kier alpha value is -15.4. The van der Waals surface area contributed by atoms with Gasteiger partial charge in [-0.15, -0.1) is 0 Å². The zero-order valence-electron chi connectivity index (χ0n) is 63.8. The summed E-state index contributed by atoms with van der Waals surface area (Å²) in [5, 5.41) is 15.6. The van der Waals surface area contributed by atoms with Gasteiger partial charge in [0.2, 0.25) is 0 Å². The molecule has 13 aromatic carbocycles. The number of nitrogens with zero attached hydrogens (tertiary/aromatic N) is 8. The Bertz CT molecular complexity index is 8300.